The lowest BCUT2D eigenvalue weighted by atomic mass is 10.2. The lowest BCUT2D eigenvalue weighted by molar-refractivity contribution is 0.419. The lowest BCUT2D eigenvalue weighted by Crippen LogP contribution is -2.15. The first-order chi connectivity index (χ1) is 8.70. The molecule has 2 rings (SSSR count). The smallest absolute Gasteiger partial charge is 0.145 e. The zero-order valence-electron chi connectivity index (χ0n) is 10.2. The highest BCUT2D eigenvalue weighted by Crippen LogP contribution is 2.23. The van der Waals surface area contributed by atoms with Crippen LogP contribution < -0.4 is 10.1 Å². The van der Waals surface area contributed by atoms with Crippen molar-refractivity contribution in [1.29, 1.82) is 0 Å². The fraction of sp³-hybridized carbons (Fsp3) is 0.214. The van der Waals surface area contributed by atoms with Crippen molar-refractivity contribution in [2.45, 2.75) is 6.54 Å². The Hall–Kier alpha value is -1.58. The Morgan fingerprint density at radius 2 is 2.22 bits per heavy atom. The van der Waals surface area contributed by atoms with E-state index in [9.17, 15) is 0 Å². The van der Waals surface area contributed by atoms with Crippen LogP contribution in [-0.2, 0) is 6.54 Å². The van der Waals surface area contributed by atoms with Crippen LogP contribution in [0.3, 0.4) is 0 Å². The van der Waals surface area contributed by atoms with Gasteiger partial charge >= 0.3 is 0 Å². The number of para-hydroxylation sites is 1. The predicted molar refractivity (Wildman–Crippen MR) is 75.0 cm³/mol. The van der Waals surface area contributed by atoms with Crippen molar-refractivity contribution in [3.8, 4) is 5.75 Å². The molecule has 0 aliphatic rings. The third-order valence-electron chi connectivity index (χ3n) is 2.58. The molecule has 1 aromatic heterocycles. The maximum atomic E-state index is 5.69. The Balaban J connectivity index is 2.23. The van der Waals surface area contributed by atoms with E-state index in [0.29, 0.717) is 18.1 Å². The van der Waals surface area contributed by atoms with E-state index in [0.717, 1.165) is 22.3 Å². The van der Waals surface area contributed by atoms with Crippen molar-refractivity contribution in [2.24, 2.45) is 0 Å². The summed E-state index contributed by atoms with van der Waals surface area (Å²) in [5.74, 6) is 0.788. The van der Waals surface area contributed by atoms with E-state index in [1.54, 1.807) is 7.11 Å². The second-order valence-electron chi connectivity index (χ2n) is 3.96. The second-order valence-corrected chi connectivity index (χ2v) is 4.49. The number of benzene rings is 1. The normalized spacial score (nSPS) is 10.6. The molecule has 0 aliphatic heterocycles. The van der Waals surface area contributed by atoms with Crippen molar-refractivity contribution in [3.63, 3.8) is 0 Å². The standard InChI is InChI=1S/C14H15ClN2O/c1-10(15)8-16-9-12-7-6-11-4-3-5-13(18-2)14(11)17-12/h3-7,16H,1,8-9H2,2H3. The van der Waals surface area contributed by atoms with Crippen molar-refractivity contribution in [2.75, 3.05) is 13.7 Å². The number of methoxy groups -OCH3 is 1. The Morgan fingerprint density at radius 1 is 1.39 bits per heavy atom. The first-order valence-corrected chi connectivity index (χ1v) is 6.05. The number of hydrogen-bond acceptors (Lipinski definition) is 3. The highest BCUT2D eigenvalue weighted by atomic mass is 35.5. The van der Waals surface area contributed by atoms with Crippen molar-refractivity contribution in [1.82, 2.24) is 10.3 Å². The minimum atomic E-state index is 0.577. The van der Waals surface area contributed by atoms with Crippen molar-refractivity contribution >= 4 is 22.5 Å². The Labute approximate surface area is 111 Å². The zero-order valence-corrected chi connectivity index (χ0v) is 11.0. The molecular formula is C14H15ClN2O. The predicted octanol–water partition coefficient (Wildman–Crippen LogP) is 3.09. The van der Waals surface area contributed by atoms with Crippen LogP contribution in [0.2, 0.25) is 0 Å². The van der Waals surface area contributed by atoms with Gasteiger partial charge in [-0.2, -0.15) is 0 Å². The minimum Gasteiger partial charge on any atom is -0.494 e. The van der Waals surface area contributed by atoms with Crippen LogP contribution in [0.1, 0.15) is 5.69 Å². The monoisotopic (exact) mass is 262 g/mol. The van der Waals surface area contributed by atoms with Gasteiger partial charge in [0.25, 0.3) is 0 Å². The fourth-order valence-electron chi connectivity index (χ4n) is 1.75. The van der Waals surface area contributed by atoms with Crippen molar-refractivity contribution < 1.29 is 4.74 Å². The summed E-state index contributed by atoms with van der Waals surface area (Å²) < 4.78 is 5.31. The van der Waals surface area contributed by atoms with Gasteiger partial charge in [-0.1, -0.05) is 36.4 Å². The van der Waals surface area contributed by atoms with Crippen LogP contribution in [0, 0.1) is 0 Å². The first kappa shape index (κ1) is 12.9. The summed E-state index contributed by atoms with van der Waals surface area (Å²) in [6.45, 7) is 4.86. The molecule has 0 spiro atoms. The topological polar surface area (TPSA) is 34.1 Å². The van der Waals surface area contributed by atoms with Gasteiger partial charge in [0, 0.05) is 23.5 Å². The summed E-state index contributed by atoms with van der Waals surface area (Å²) in [5.41, 5.74) is 1.83. The number of nitrogens with zero attached hydrogens (tertiary/aromatic N) is 1. The molecule has 0 fully saturated rings. The molecule has 0 radical (unpaired) electrons. The average molecular weight is 263 g/mol. The molecule has 4 heteroatoms. The number of pyridine rings is 1. The van der Waals surface area contributed by atoms with Crippen LogP contribution in [0.5, 0.6) is 5.75 Å². The molecule has 94 valence electrons. The van der Waals surface area contributed by atoms with Crippen LogP contribution in [0.15, 0.2) is 41.9 Å². The first-order valence-electron chi connectivity index (χ1n) is 5.67. The van der Waals surface area contributed by atoms with E-state index in [4.69, 9.17) is 16.3 Å². The minimum absolute atomic E-state index is 0.577. The number of hydrogen-bond donors (Lipinski definition) is 1. The van der Waals surface area contributed by atoms with E-state index in [1.165, 1.54) is 0 Å². The molecule has 1 aromatic carbocycles. The molecular weight excluding hydrogens is 248 g/mol. The van der Waals surface area contributed by atoms with Gasteiger partial charge in [-0.3, -0.25) is 0 Å². The van der Waals surface area contributed by atoms with Gasteiger partial charge in [0.15, 0.2) is 0 Å². The van der Waals surface area contributed by atoms with Crippen LogP contribution in [0.4, 0.5) is 0 Å². The molecule has 2 aromatic rings. The highest BCUT2D eigenvalue weighted by molar-refractivity contribution is 6.29. The van der Waals surface area contributed by atoms with Gasteiger partial charge in [0.05, 0.1) is 12.8 Å². The lowest BCUT2D eigenvalue weighted by Gasteiger charge is -2.07. The molecule has 1 N–H and O–H groups in total. The fourth-order valence-corrected chi connectivity index (χ4v) is 1.84. The molecule has 0 amide bonds. The van der Waals surface area contributed by atoms with E-state index < -0.39 is 0 Å². The summed E-state index contributed by atoms with van der Waals surface area (Å²) in [6, 6.07) is 9.91. The van der Waals surface area contributed by atoms with Crippen molar-refractivity contribution in [3.05, 3.63) is 47.6 Å². The second kappa shape index (κ2) is 5.85. The average Bonchev–Trinajstić information content (AvgIpc) is 2.37. The maximum absolute atomic E-state index is 5.69. The van der Waals surface area contributed by atoms with Gasteiger partial charge < -0.3 is 10.1 Å². The number of rotatable bonds is 5. The molecule has 18 heavy (non-hydrogen) atoms. The number of fused-ring (bicyclic) bond motifs is 1. The van der Waals surface area contributed by atoms with E-state index >= 15 is 0 Å². The zero-order chi connectivity index (χ0) is 13.0. The van der Waals surface area contributed by atoms with Gasteiger partial charge in [-0.05, 0) is 12.1 Å². The third-order valence-corrected chi connectivity index (χ3v) is 2.72. The van der Waals surface area contributed by atoms with Crippen LogP contribution in [0.25, 0.3) is 10.9 Å². The summed E-state index contributed by atoms with van der Waals surface area (Å²) in [6.07, 6.45) is 0. The summed E-state index contributed by atoms with van der Waals surface area (Å²) in [7, 11) is 1.65. The number of ether oxygens (including phenoxy) is 1. The van der Waals surface area contributed by atoms with Crippen LogP contribution >= 0.6 is 11.6 Å². The van der Waals surface area contributed by atoms with Gasteiger partial charge in [-0.25, -0.2) is 4.98 Å². The molecule has 0 unspecified atom stereocenters. The quantitative estimate of drug-likeness (QED) is 0.899. The van der Waals surface area contributed by atoms with E-state index in [-0.39, 0.29) is 0 Å². The number of nitrogens with one attached hydrogen (secondary N) is 1. The summed E-state index contributed by atoms with van der Waals surface area (Å²) >= 11 is 5.69. The number of aromatic nitrogens is 1. The molecule has 0 saturated heterocycles. The van der Waals surface area contributed by atoms with E-state index in [1.807, 2.05) is 30.3 Å². The summed E-state index contributed by atoms with van der Waals surface area (Å²) in [5, 5.41) is 4.83. The molecule has 3 nitrogen and oxygen atoms in total. The van der Waals surface area contributed by atoms with Gasteiger partial charge in [0.2, 0.25) is 0 Å². The highest BCUT2D eigenvalue weighted by Gasteiger charge is 2.03. The van der Waals surface area contributed by atoms with Crippen LogP contribution in [-0.4, -0.2) is 18.6 Å². The molecule has 0 saturated carbocycles. The number of halogens is 1. The molecule has 0 aliphatic carbocycles. The Morgan fingerprint density at radius 3 is 2.94 bits per heavy atom. The Bertz CT molecular complexity index is 569. The summed E-state index contributed by atoms with van der Waals surface area (Å²) in [4.78, 5) is 4.58. The molecule has 1 heterocycles. The molecule has 0 atom stereocenters. The van der Waals surface area contributed by atoms with Gasteiger partial charge in [0.1, 0.15) is 11.3 Å². The Kier molecular flexibility index (Phi) is 4.18. The largest absolute Gasteiger partial charge is 0.494 e. The molecule has 0 bridgehead atoms. The SMILES string of the molecule is C=C(Cl)CNCc1ccc2cccc(OC)c2n1. The van der Waals surface area contributed by atoms with Gasteiger partial charge in [-0.15, -0.1) is 0 Å². The maximum Gasteiger partial charge on any atom is 0.145 e. The third kappa shape index (κ3) is 3.00. The van der Waals surface area contributed by atoms with E-state index in [2.05, 4.69) is 16.9 Å².